The van der Waals surface area contributed by atoms with Crippen LogP contribution in [0.4, 0.5) is 4.39 Å². The van der Waals surface area contributed by atoms with E-state index in [1.807, 2.05) is 0 Å². The average molecular weight is 236 g/mol. The number of halogens is 1. The third kappa shape index (κ3) is 2.64. The Bertz CT molecular complexity index is 396. The first-order valence-electron chi connectivity index (χ1n) is 5.87. The molecule has 0 spiro atoms. The second kappa shape index (κ2) is 4.84. The van der Waals surface area contributed by atoms with Gasteiger partial charge in [-0.1, -0.05) is 12.1 Å². The number of carbonyl (C=O) groups excluding carboxylic acids is 1. The lowest BCUT2D eigenvalue weighted by molar-refractivity contribution is -0.129. The second-order valence-electron chi connectivity index (χ2n) is 4.70. The quantitative estimate of drug-likeness (QED) is 0.829. The molecule has 0 atom stereocenters. The summed E-state index contributed by atoms with van der Waals surface area (Å²) in [4.78, 5) is 11.7. The summed E-state index contributed by atoms with van der Waals surface area (Å²) in [6, 6.07) is 6.29. The van der Waals surface area contributed by atoms with E-state index in [2.05, 4.69) is 5.32 Å². The summed E-state index contributed by atoms with van der Waals surface area (Å²) in [5.41, 5.74) is 6.03. The van der Waals surface area contributed by atoms with Gasteiger partial charge in [0.1, 0.15) is 5.82 Å². The molecule has 1 saturated heterocycles. The summed E-state index contributed by atoms with van der Waals surface area (Å²) >= 11 is 0. The lowest BCUT2D eigenvalue weighted by Crippen LogP contribution is -2.46. The maximum Gasteiger partial charge on any atom is 0.224 e. The van der Waals surface area contributed by atoms with Gasteiger partial charge in [-0.3, -0.25) is 4.79 Å². The average Bonchev–Trinajstić information content (AvgIpc) is 2.33. The lowest BCUT2D eigenvalue weighted by atomic mass is 9.73. The summed E-state index contributed by atoms with van der Waals surface area (Å²) in [6.07, 6.45) is 2.10. The van der Waals surface area contributed by atoms with Gasteiger partial charge in [-0.2, -0.15) is 0 Å². The Morgan fingerprint density at radius 3 is 2.41 bits per heavy atom. The van der Waals surface area contributed by atoms with Crippen LogP contribution in [0.15, 0.2) is 24.3 Å². The highest BCUT2D eigenvalue weighted by Gasteiger charge is 2.37. The van der Waals surface area contributed by atoms with Crippen molar-refractivity contribution in [2.45, 2.75) is 19.3 Å². The van der Waals surface area contributed by atoms with E-state index in [4.69, 9.17) is 5.73 Å². The molecule has 2 rings (SSSR count). The molecular weight excluding hydrogens is 219 g/mol. The van der Waals surface area contributed by atoms with E-state index >= 15 is 0 Å². The molecule has 17 heavy (non-hydrogen) atoms. The Hall–Kier alpha value is -1.42. The van der Waals surface area contributed by atoms with Crippen molar-refractivity contribution in [1.29, 1.82) is 0 Å². The first-order chi connectivity index (χ1) is 8.12. The van der Waals surface area contributed by atoms with Crippen molar-refractivity contribution < 1.29 is 9.18 Å². The van der Waals surface area contributed by atoms with Crippen LogP contribution in [0.3, 0.4) is 0 Å². The van der Waals surface area contributed by atoms with Gasteiger partial charge in [0.25, 0.3) is 0 Å². The third-order valence-electron chi connectivity index (χ3n) is 3.54. The number of hydrogen-bond donors (Lipinski definition) is 2. The number of primary amides is 1. The summed E-state index contributed by atoms with van der Waals surface area (Å²) in [5, 5.41) is 3.22. The Balaban J connectivity index is 2.17. The van der Waals surface area contributed by atoms with Crippen LogP contribution in [-0.4, -0.2) is 19.0 Å². The van der Waals surface area contributed by atoms with Crippen molar-refractivity contribution in [2.75, 3.05) is 13.1 Å². The van der Waals surface area contributed by atoms with Crippen LogP contribution in [0, 0.1) is 11.2 Å². The first-order valence-corrected chi connectivity index (χ1v) is 5.87. The van der Waals surface area contributed by atoms with Crippen LogP contribution >= 0.6 is 0 Å². The molecule has 4 heteroatoms. The molecule has 3 nitrogen and oxygen atoms in total. The zero-order chi connectivity index (χ0) is 12.3. The molecule has 0 aromatic heterocycles. The van der Waals surface area contributed by atoms with E-state index in [0.29, 0.717) is 6.42 Å². The third-order valence-corrected chi connectivity index (χ3v) is 3.54. The first kappa shape index (κ1) is 12.0. The fourth-order valence-electron chi connectivity index (χ4n) is 2.41. The van der Waals surface area contributed by atoms with Gasteiger partial charge in [-0.25, -0.2) is 4.39 Å². The van der Waals surface area contributed by atoms with E-state index in [9.17, 15) is 9.18 Å². The van der Waals surface area contributed by atoms with Crippen molar-refractivity contribution in [1.82, 2.24) is 5.32 Å². The van der Waals surface area contributed by atoms with Crippen LogP contribution in [0.1, 0.15) is 18.4 Å². The SMILES string of the molecule is NC(=O)C1(Cc2ccc(F)cc2)CCNCC1. The molecule has 0 aliphatic carbocycles. The van der Waals surface area contributed by atoms with Crippen molar-refractivity contribution in [2.24, 2.45) is 11.1 Å². The normalized spacial score (nSPS) is 18.9. The van der Waals surface area contributed by atoms with E-state index in [-0.39, 0.29) is 11.7 Å². The molecule has 1 aliphatic rings. The van der Waals surface area contributed by atoms with Gasteiger partial charge >= 0.3 is 0 Å². The number of nitrogens with two attached hydrogens (primary N) is 1. The largest absolute Gasteiger partial charge is 0.369 e. The van der Waals surface area contributed by atoms with Gasteiger partial charge in [0.15, 0.2) is 0 Å². The minimum atomic E-state index is -0.469. The Kier molecular flexibility index (Phi) is 3.43. The number of amides is 1. The Labute approximate surface area is 100 Å². The predicted octanol–water partition coefficient (Wildman–Crippen LogP) is 1.22. The number of nitrogens with one attached hydrogen (secondary N) is 1. The molecule has 1 aromatic rings. The second-order valence-corrected chi connectivity index (χ2v) is 4.70. The summed E-state index contributed by atoms with van der Waals surface area (Å²) in [6.45, 7) is 1.62. The molecule has 1 aromatic carbocycles. The maximum atomic E-state index is 12.8. The molecular formula is C13H17FN2O. The number of piperidine rings is 1. The topological polar surface area (TPSA) is 55.1 Å². The molecule has 92 valence electrons. The van der Waals surface area contributed by atoms with Gasteiger partial charge in [-0.15, -0.1) is 0 Å². The number of benzene rings is 1. The smallest absolute Gasteiger partial charge is 0.224 e. The van der Waals surface area contributed by atoms with Crippen LogP contribution in [0.5, 0.6) is 0 Å². The van der Waals surface area contributed by atoms with Crippen molar-refractivity contribution in [3.63, 3.8) is 0 Å². The van der Waals surface area contributed by atoms with Crippen LogP contribution in [0.25, 0.3) is 0 Å². The fourth-order valence-corrected chi connectivity index (χ4v) is 2.41. The summed E-state index contributed by atoms with van der Waals surface area (Å²) in [5.74, 6) is -0.504. The van der Waals surface area contributed by atoms with E-state index in [0.717, 1.165) is 31.5 Å². The monoisotopic (exact) mass is 236 g/mol. The molecule has 1 amide bonds. The molecule has 1 fully saturated rings. The highest BCUT2D eigenvalue weighted by molar-refractivity contribution is 5.81. The lowest BCUT2D eigenvalue weighted by Gasteiger charge is -2.34. The van der Waals surface area contributed by atoms with Gasteiger partial charge in [0.05, 0.1) is 5.41 Å². The maximum absolute atomic E-state index is 12.8. The molecule has 0 bridgehead atoms. The van der Waals surface area contributed by atoms with Crippen LogP contribution in [-0.2, 0) is 11.2 Å². The standard InChI is InChI=1S/C13H17FN2O/c14-11-3-1-10(2-4-11)9-13(12(15)17)5-7-16-8-6-13/h1-4,16H,5-9H2,(H2,15,17). The molecule has 1 aliphatic heterocycles. The van der Waals surface area contributed by atoms with Crippen molar-refractivity contribution in [3.05, 3.63) is 35.6 Å². The number of rotatable bonds is 3. The van der Waals surface area contributed by atoms with Crippen LogP contribution < -0.4 is 11.1 Å². The summed E-state index contributed by atoms with van der Waals surface area (Å²) < 4.78 is 12.8. The zero-order valence-corrected chi connectivity index (χ0v) is 9.71. The highest BCUT2D eigenvalue weighted by Crippen LogP contribution is 2.32. The fraction of sp³-hybridized carbons (Fsp3) is 0.462. The molecule has 0 saturated carbocycles. The van der Waals surface area contributed by atoms with Gasteiger partial charge in [0, 0.05) is 0 Å². The minimum Gasteiger partial charge on any atom is -0.369 e. The summed E-state index contributed by atoms with van der Waals surface area (Å²) in [7, 11) is 0. The van der Waals surface area contributed by atoms with Gasteiger partial charge in [0.2, 0.25) is 5.91 Å². The van der Waals surface area contributed by atoms with E-state index in [1.165, 1.54) is 12.1 Å². The molecule has 0 unspecified atom stereocenters. The Morgan fingerprint density at radius 1 is 1.29 bits per heavy atom. The highest BCUT2D eigenvalue weighted by atomic mass is 19.1. The molecule has 3 N–H and O–H groups in total. The predicted molar refractivity (Wildman–Crippen MR) is 63.8 cm³/mol. The minimum absolute atomic E-state index is 0.247. The molecule has 0 radical (unpaired) electrons. The van der Waals surface area contributed by atoms with Crippen LogP contribution in [0.2, 0.25) is 0 Å². The van der Waals surface area contributed by atoms with Gasteiger partial charge in [-0.05, 0) is 50.0 Å². The van der Waals surface area contributed by atoms with E-state index in [1.54, 1.807) is 12.1 Å². The van der Waals surface area contributed by atoms with Crippen molar-refractivity contribution >= 4 is 5.91 Å². The number of carbonyl (C=O) groups is 1. The zero-order valence-electron chi connectivity index (χ0n) is 9.71. The number of hydrogen-bond acceptors (Lipinski definition) is 2. The Morgan fingerprint density at radius 2 is 1.88 bits per heavy atom. The van der Waals surface area contributed by atoms with Crippen molar-refractivity contribution in [3.8, 4) is 0 Å². The molecule has 1 heterocycles. The van der Waals surface area contributed by atoms with E-state index < -0.39 is 5.41 Å². The van der Waals surface area contributed by atoms with Gasteiger partial charge < -0.3 is 11.1 Å².